The van der Waals surface area contributed by atoms with Crippen molar-refractivity contribution in [1.29, 1.82) is 0 Å². The molecule has 0 aliphatic carbocycles. The number of rotatable bonds is 5. The smallest absolute Gasteiger partial charge is 0.282 e. The van der Waals surface area contributed by atoms with E-state index >= 15 is 0 Å². The molecule has 2 N–H and O–H groups in total. The van der Waals surface area contributed by atoms with E-state index in [1.54, 1.807) is 7.05 Å². The van der Waals surface area contributed by atoms with Crippen LogP contribution in [0, 0.1) is 0 Å². The first-order valence-electron chi connectivity index (χ1n) is 9.66. The third-order valence-corrected chi connectivity index (χ3v) is 6.18. The molecule has 2 aromatic rings. The number of hydrogen-bond donors (Lipinski definition) is 2. The molecule has 1 unspecified atom stereocenters. The quantitative estimate of drug-likeness (QED) is 0.810. The molecule has 28 heavy (non-hydrogen) atoms. The number of amides is 2. The summed E-state index contributed by atoms with van der Waals surface area (Å²) in [6.07, 6.45) is 0.991. The van der Waals surface area contributed by atoms with Crippen LogP contribution in [0.25, 0.3) is 0 Å². The third-order valence-electron chi connectivity index (χ3n) is 4.95. The molecule has 1 aliphatic rings. The number of nitrogens with one attached hydrogen (secondary N) is 2. The van der Waals surface area contributed by atoms with Gasteiger partial charge in [-0.1, -0.05) is 31.2 Å². The van der Waals surface area contributed by atoms with Gasteiger partial charge in [-0.2, -0.15) is 0 Å². The summed E-state index contributed by atoms with van der Waals surface area (Å²) in [5.41, 5.74) is 2.79. The van der Waals surface area contributed by atoms with Crippen molar-refractivity contribution in [3.8, 4) is 0 Å². The lowest BCUT2D eigenvalue weighted by atomic mass is 10.1. The van der Waals surface area contributed by atoms with Crippen LogP contribution in [0.2, 0.25) is 0 Å². The van der Waals surface area contributed by atoms with Crippen molar-refractivity contribution in [2.24, 2.45) is 0 Å². The molecule has 148 valence electrons. The van der Waals surface area contributed by atoms with Gasteiger partial charge in [-0.25, -0.2) is 0 Å². The number of carbonyl (C=O) groups excluding carboxylic acids is 2. The first kappa shape index (κ1) is 20.4. The minimum absolute atomic E-state index is 0.0886. The second-order valence-corrected chi connectivity index (χ2v) is 8.80. The van der Waals surface area contributed by atoms with Gasteiger partial charge in [-0.05, 0) is 30.7 Å². The van der Waals surface area contributed by atoms with Gasteiger partial charge in [0.2, 0.25) is 0 Å². The van der Waals surface area contributed by atoms with Crippen LogP contribution in [-0.2, 0) is 11.3 Å². The van der Waals surface area contributed by atoms with Gasteiger partial charge in [0.05, 0.1) is 12.7 Å². The van der Waals surface area contributed by atoms with Crippen molar-refractivity contribution in [3.63, 3.8) is 0 Å². The number of carbonyl (C=O) groups is 2. The van der Waals surface area contributed by atoms with Crippen molar-refractivity contribution in [2.45, 2.75) is 30.0 Å². The molecule has 0 radical (unpaired) electrons. The van der Waals surface area contributed by atoms with Gasteiger partial charge in [0.25, 0.3) is 11.8 Å². The van der Waals surface area contributed by atoms with Crippen LogP contribution in [0.3, 0.4) is 0 Å². The van der Waals surface area contributed by atoms with Gasteiger partial charge in [0.1, 0.15) is 6.54 Å². The summed E-state index contributed by atoms with van der Waals surface area (Å²) in [5, 5.41) is 3.13. The van der Waals surface area contributed by atoms with Crippen molar-refractivity contribution >= 4 is 29.3 Å². The van der Waals surface area contributed by atoms with E-state index in [2.05, 4.69) is 18.3 Å². The second kappa shape index (κ2) is 9.26. The number of fused-ring (bicyclic) bond motifs is 1. The fraction of sp³-hybridized carbons (Fsp3) is 0.364. The Balaban J connectivity index is 1.65. The summed E-state index contributed by atoms with van der Waals surface area (Å²) in [5.74, 6) is 0.0657. The zero-order valence-electron chi connectivity index (χ0n) is 16.7. The number of nitrogens with zero attached hydrogens (tertiary/aromatic N) is 1. The Kier molecular flexibility index (Phi) is 6.75. The third kappa shape index (κ3) is 4.94. The van der Waals surface area contributed by atoms with E-state index < -0.39 is 0 Å². The normalized spacial score (nSPS) is 17.4. The van der Waals surface area contributed by atoms with Crippen LogP contribution in [0.4, 0.5) is 5.69 Å². The second-order valence-electron chi connectivity index (χ2n) is 7.32. The van der Waals surface area contributed by atoms with Gasteiger partial charge >= 0.3 is 0 Å². The summed E-state index contributed by atoms with van der Waals surface area (Å²) < 4.78 is 0. The predicted octanol–water partition coefficient (Wildman–Crippen LogP) is 1.98. The SMILES string of the molecule is CNC(=O)c1ccc(C[NH+](C)CC(=O)N2CC[C@H](C)Sc3ccccc32)cc1. The molecule has 0 fully saturated rings. The van der Waals surface area contributed by atoms with Gasteiger partial charge in [0.15, 0.2) is 6.54 Å². The Bertz CT molecular complexity index is 838. The fourth-order valence-electron chi connectivity index (χ4n) is 3.43. The highest BCUT2D eigenvalue weighted by molar-refractivity contribution is 8.00. The highest BCUT2D eigenvalue weighted by Crippen LogP contribution is 2.37. The summed E-state index contributed by atoms with van der Waals surface area (Å²) in [6.45, 7) is 4.15. The van der Waals surface area contributed by atoms with Crippen molar-refractivity contribution in [1.82, 2.24) is 5.32 Å². The maximum Gasteiger partial charge on any atom is 0.282 e. The minimum Gasteiger partial charge on any atom is -0.355 e. The Morgan fingerprint density at radius 3 is 2.61 bits per heavy atom. The Morgan fingerprint density at radius 1 is 1.18 bits per heavy atom. The summed E-state index contributed by atoms with van der Waals surface area (Å²) in [4.78, 5) is 29.0. The minimum atomic E-state index is -0.0886. The molecule has 2 atom stereocenters. The summed E-state index contributed by atoms with van der Waals surface area (Å²) >= 11 is 1.85. The molecule has 0 aromatic heterocycles. The van der Waals surface area contributed by atoms with Gasteiger partial charge in [0, 0.05) is 34.9 Å². The standard InChI is InChI=1S/C22H27N3O2S/c1-16-12-13-25(19-6-4-5-7-20(19)28-16)21(26)15-24(3)14-17-8-10-18(11-9-17)22(27)23-2/h4-11,16H,12-15H2,1-3H3,(H,23,27)/p+1/t16-/m0/s1. The van der Waals surface area contributed by atoms with Gasteiger partial charge in [-0.15, -0.1) is 11.8 Å². The number of likely N-dealkylation sites (N-methyl/N-ethyl adjacent to an activating group) is 1. The average Bonchev–Trinajstić information content (AvgIpc) is 2.86. The first-order valence-corrected chi connectivity index (χ1v) is 10.5. The lowest BCUT2D eigenvalue weighted by Crippen LogP contribution is -3.09. The zero-order chi connectivity index (χ0) is 20.1. The van der Waals surface area contributed by atoms with Crippen LogP contribution >= 0.6 is 11.8 Å². The van der Waals surface area contributed by atoms with E-state index in [4.69, 9.17) is 0 Å². The molecular formula is C22H28N3O2S+. The van der Waals surface area contributed by atoms with Crippen LogP contribution in [-0.4, -0.2) is 44.2 Å². The Labute approximate surface area is 171 Å². The van der Waals surface area contributed by atoms with E-state index in [1.807, 2.05) is 66.2 Å². The van der Waals surface area contributed by atoms with Crippen LogP contribution in [0.5, 0.6) is 0 Å². The number of quaternary nitrogens is 1. The number of thioether (sulfide) groups is 1. The monoisotopic (exact) mass is 398 g/mol. The Hall–Kier alpha value is -2.31. The zero-order valence-corrected chi connectivity index (χ0v) is 17.5. The molecule has 5 nitrogen and oxygen atoms in total. The summed E-state index contributed by atoms with van der Waals surface area (Å²) in [7, 11) is 3.66. The highest BCUT2D eigenvalue weighted by Gasteiger charge is 2.26. The van der Waals surface area contributed by atoms with Crippen LogP contribution < -0.4 is 15.1 Å². The molecule has 0 spiro atoms. The van der Waals surface area contributed by atoms with E-state index in [0.717, 1.165) is 35.7 Å². The van der Waals surface area contributed by atoms with Crippen LogP contribution in [0.1, 0.15) is 29.3 Å². The topological polar surface area (TPSA) is 53.9 Å². The fourth-order valence-corrected chi connectivity index (χ4v) is 4.54. The molecule has 2 aromatic carbocycles. The van der Waals surface area contributed by atoms with E-state index in [0.29, 0.717) is 17.4 Å². The lowest BCUT2D eigenvalue weighted by molar-refractivity contribution is -0.885. The number of anilines is 1. The van der Waals surface area contributed by atoms with E-state index in [1.165, 1.54) is 4.90 Å². The number of para-hydroxylation sites is 1. The largest absolute Gasteiger partial charge is 0.355 e. The maximum atomic E-state index is 13.0. The highest BCUT2D eigenvalue weighted by atomic mass is 32.2. The molecule has 3 rings (SSSR count). The number of benzene rings is 2. The van der Waals surface area contributed by atoms with Crippen LogP contribution in [0.15, 0.2) is 53.4 Å². The van der Waals surface area contributed by atoms with Crippen molar-refractivity contribution in [3.05, 3.63) is 59.7 Å². The molecule has 1 heterocycles. The molecule has 0 bridgehead atoms. The molecule has 2 amide bonds. The molecule has 0 saturated heterocycles. The molecule has 0 saturated carbocycles. The molecular weight excluding hydrogens is 370 g/mol. The summed E-state index contributed by atoms with van der Waals surface area (Å²) in [6, 6.07) is 15.8. The van der Waals surface area contributed by atoms with Crippen molar-refractivity contribution in [2.75, 3.05) is 32.1 Å². The van der Waals surface area contributed by atoms with Gasteiger partial charge < -0.3 is 15.1 Å². The maximum absolute atomic E-state index is 13.0. The molecule has 6 heteroatoms. The van der Waals surface area contributed by atoms with E-state index in [-0.39, 0.29) is 11.8 Å². The first-order chi connectivity index (χ1) is 13.5. The van der Waals surface area contributed by atoms with Crippen molar-refractivity contribution < 1.29 is 14.5 Å². The van der Waals surface area contributed by atoms with Gasteiger partial charge in [-0.3, -0.25) is 9.59 Å². The van der Waals surface area contributed by atoms with E-state index in [9.17, 15) is 9.59 Å². The lowest BCUT2D eigenvalue weighted by Gasteiger charge is -2.24. The molecule has 1 aliphatic heterocycles. The number of hydrogen-bond acceptors (Lipinski definition) is 3. The average molecular weight is 399 g/mol. The predicted molar refractivity (Wildman–Crippen MR) is 114 cm³/mol. The Morgan fingerprint density at radius 2 is 1.89 bits per heavy atom.